The number of hydrogen-bond donors (Lipinski definition) is 2. The van der Waals surface area contributed by atoms with Crippen molar-refractivity contribution in [2.24, 2.45) is 5.11 Å². The first-order valence-electron chi connectivity index (χ1n) is 13.9. The van der Waals surface area contributed by atoms with Crippen LogP contribution in [0.25, 0.3) is 10.4 Å². The molecule has 2 N–H and O–H groups in total. The molecule has 0 spiro atoms. The number of esters is 1. The fraction of sp³-hybridized carbons (Fsp3) is 0.414. The number of phenolic OH excluding ortho intramolecular Hbond substituents is 1. The number of benzene rings is 2. The smallest absolute Gasteiger partial charge is 0.475 e. The molecule has 2 heterocycles. The van der Waals surface area contributed by atoms with Gasteiger partial charge in [0.1, 0.15) is 17.6 Å². The summed E-state index contributed by atoms with van der Waals surface area (Å²) in [6.07, 6.45) is -0.441. The number of azide groups is 1. The second kappa shape index (κ2) is 14.2. The Labute approximate surface area is 257 Å². The van der Waals surface area contributed by atoms with Gasteiger partial charge in [0.25, 0.3) is 5.56 Å². The Hall–Kier alpha value is -4.23. The maximum atomic E-state index is 13.8. The van der Waals surface area contributed by atoms with E-state index in [1.54, 1.807) is 57.2 Å². The van der Waals surface area contributed by atoms with Gasteiger partial charge in [0.15, 0.2) is 0 Å². The van der Waals surface area contributed by atoms with Gasteiger partial charge in [-0.05, 0) is 68.6 Å². The van der Waals surface area contributed by atoms with Gasteiger partial charge in [-0.15, -0.1) is 0 Å². The number of hydrogen-bond acceptors (Lipinski definition) is 11. The van der Waals surface area contributed by atoms with E-state index in [0.29, 0.717) is 16.7 Å². The molecule has 45 heavy (non-hydrogen) atoms. The van der Waals surface area contributed by atoms with Gasteiger partial charge in [-0.1, -0.05) is 29.4 Å². The van der Waals surface area contributed by atoms with Crippen LogP contribution in [-0.2, 0) is 40.8 Å². The molecule has 1 aliphatic rings. The van der Waals surface area contributed by atoms with Gasteiger partial charge in [-0.2, -0.15) is 0 Å². The van der Waals surface area contributed by atoms with Crippen molar-refractivity contribution >= 4 is 13.8 Å². The highest BCUT2D eigenvalue weighted by molar-refractivity contribution is 7.48. The standard InChI is InChI=1S/C29H34N5O10P/c1-18-14-34(28(38)31-26(18)36)25-13-23(32-33-30)24(43-25)17-42-45(39,41-16-20-7-11-22(35)12-8-20)40-15-19-5-9-21(10-6-19)27(37)44-29(2,3)4/h5-12,14,23-25,35H,13,15-17H2,1-4H3,(H,31,36,38)/t23-,24+,25+,45?/m0/s1. The number of aromatic nitrogens is 2. The van der Waals surface area contributed by atoms with Gasteiger partial charge in [-0.3, -0.25) is 27.9 Å². The van der Waals surface area contributed by atoms with E-state index < -0.39 is 55.6 Å². The maximum Gasteiger partial charge on any atom is 0.475 e. The zero-order valence-electron chi connectivity index (χ0n) is 25.1. The van der Waals surface area contributed by atoms with E-state index in [0.717, 1.165) is 0 Å². The normalized spacial score (nSPS) is 19.4. The lowest BCUT2D eigenvalue weighted by Crippen LogP contribution is -2.33. The number of carbonyl (C=O) groups is 1. The Morgan fingerprint density at radius 1 is 1.09 bits per heavy atom. The van der Waals surface area contributed by atoms with Crippen LogP contribution in [-0.4, -0.2) is 45.0 Å². The van der Waals surface area contributed by atoms with E-state index in [-0.39, 0.29) is 30.9 Å². The molecule has 240 valence electrons. The van der Waals surface area contributed by atoms with Crippen LogP contribution < -0.4 is 11.2 Å². The highest BCUT2D eigenvalue weighted by Gasteiger charge is 2.39. The van der Waals surface area contributed by atoms with Crippen molar-refractivity contribution in [2.45, 2.75) is 71.3 Å². The molecule has 4 atom stereocenters. The van der Waals surface area contributed by atoms with Gasteiger partial charge in [0, 0.05) is 23.1 Å². The van der Waals surface area contributed by atoms with E-state index in [1.807, 2.05) is 0 Å². The van der Waals surface area contributed by atoms with Crippen molar-refractivity contribution in [3.8, 4) is 5.75 Å². The lowest BCUT2D eigenvalue weighted by Gasteiger charge is -2.22. The number of phosphoric acid groups is 1. The highest BCUT2D eigenvalue weighted by Crippen LogP contribution is 2.51. The Morgan fingerprint density at radius 3 is 2.27 bits per heavy atom. The lowest BCUT2D eigenvalue weighted by molar-refractivity contribution is -0.0311. The lowest BCUT2D eigenvalue weighted by atomic mass is 10.1. The average molecular weight is 644 g/mol. The number of aromatic hydroxyl groups is 1. The number of aryl methyl sites for hydroxylation is 1. The summed E-state index contributed by atoms with van der Waals surface area (Å²) < 4.78 is 43.2. The zero-order valence-corrected chi connectivity index (χ0v) is 26.0. The number of carbonyl (C=O) groups excluding carboxylic acids is 1. The van der Waals surface area contributed by atoms with E-state index >= 15 is 0 Å². The van der Waals surface area contributed by atoms with Crippen LogP contribution in [0.5, 0.6) is 5.75 Å². The Kier molecular flexibility index (Phi) is 10.7. The molecule has 0 bridgehead atoms. The summed E-state index contributed by atoms with van der Waals surface area (Å²) >= 11 is 0. The third-order valence-corrected chi connectivity index (χ3v) is 7.92. The fourth-order valence-electron chi connectivity index (χ4n) is 4.27. The molecule has 0 amide bonds. The van der Waals surface area contributed by atoms with Gasteiger partial charge >= 0.3 is 19.5 Å². The molecule has 0 aliphatic carbocycles. The predicted octanol–water partition coefficient (Wildman–Crippen LogP) is 5.03. The summed E-state index contributed by atoms with van der Waals surface area (Å²) in [5.74, 6) is -0.456. The Bertz CT molecular complexity index is 1710. The van der Waals surface area contributed by atoms with Gasteiger partial charge in [0.2, 0.25) is 0 Å². The zero-order chi connectivity index (χ0) is 32.8. The van der Waals surface area contributed by atoms with Gasteiger partial charge in [-0.25, -0.2) is 14.2 Å². The molecular weight excluding hydrogens is 609 g/mol. The monoisotopic (exact) mass is 643 g/mol. The molecule has 1 fully saturated rings. The van der Waals surface area contributed by atoms with Crippen molar-refractivity contribution < 1.29 is 37.5 Å². The molecule has 1 aliphatic heterocycles. The minimum Gasteiger partial charge on any atom is -0.508 e. The summed E-state index contributed by atoms with van der Waals surface area (Å²) in [6.45, 7) is 5.99. The molecule has 3 aromatic rings. The molecule has 15 nitrogen and oxygen atoms in total. The fourth-order valence-corrected chi connectivity index (χ4v) is 5.44. The first-order valence-corrected chi connectivity index (χ1v) is 15.4. The summed E-state index contributed by atoms with van der Waals surface area (Å²) in [7, 11) is -4.32. The molecule has 16 heteroatoms. The first-order chi connectivity index (χ1) is 21.2. The molecule has 4 rings (SSSR count). The van der Waals surface area contributed by atoms with E-state index in [9.17, 15) is 24.1 Å². The van der Waals surface area contributed by atoms with Crippen molar-refractivity contribution in [3.05, 3.63) is 108 Å². The molecule has 1 unspecified atom stereocenters. The largest absolute Gasteiger partial charge is 0.508 e. The maximum absolute atomic E-state index is 13.8. The number of rotatable bonds is 12. The van der Waals surface area contributed by atoms with Crippen molar-refractivity contribution in [1.82, 2.24) is 9.55 Å². The van der Waals surface area contributed by atoms with Gasteiger partial charge < -0.3 is 14.6 Å². The van der Waals surface area contributed by atoms with Crippen molar-refractivity contribution in [1.29, 1.82) is 0 Å². The topological polar surface area (TPSA) is 204 Å². The Balaban J connectivity index is 1.48. The highest BCUT2D eigenvalue weighted by atomic mass is 31.2. The summed E-state index contributed by atoms with van der Waals surface area (Å²) in [4.78, 5) is 41.6. The summed E-state index contributed by atoms with van der Waals surface area (Å²) in [6, 6.07) is 11.5. The summed E-state index contributed by atoms with van der Waals surface area (Å²) in [5.41, 5.74) is 8.92. The second-order valence-electron chi connectivity index (χ2n) is 11.3. The number of H-pyrrole nitrogens is 1. The van der Waals surface area contributed by atoms with E-state index in [4.69, 9.17) is 28.6 Å². The van der Waals surface area contributed by atoms with Crippen LogP contribution in [0.1, 0.15) is 60.5 Å². The number of phosphoric ester groups is 1. The third-order valence-electron chi connectivity index (χ3n) is 6.56. The van der Waals surface area contributed by atoms with Crippen LogP contribution in [0.3, 0.4) is 0 Å². The van der Waals surface area contributed by atoms with Crippen LogP contribution in [0.4, 0.5) is 0 Å². The van der Waals surface area contributed by atoms with Crippen LogP contribution in [0.2, 0.25) is 0 Å². The third kappa shape index (κ3) is 9.38. The summed E-state index contributed by atoms with van der Waals surface area (Å²) in [5, 5.41) is 13.3. The van der Waals surface area contributed by atoms with Crippen molar-refractivity contribution in [2.75, 3.05) is 6.61 Å². The molecule has 2 aromatic carbocycles. The molecule has 1 aromatic heterocycles. The van der Waals surface area contributed by atoms with Crippen LogP contribution in [0, 0.1) is 6.92 Å². The number of ether oxygens (including phenoxy) is 2. The Morgan fingerprint density at radius 2 is 1.69 bits per heavy atom. The minimum absolute atomic E-state index is 0.0399. The van der Waals surface area contributed by atoms with Crippen LogP contribution in [0.15, 0.2) is 69.4 Å². The van der Waals surface area contributed by atoms with E-state index in [1.165, 1.54) is 29.8 Å². The molecule has 1 saturated heterocycles. The quantitative estimate of drug-likeness (QED) is 0.0885. The molecular formula is C29H34N5O10P. The number of phenols is 1. The molecule has 0 radical (unpaired) electrons. The number of nitrogens with one attached hydrogen (secondary N) is 1. The predicted molar refractivity (Wildman–Crippen MR) is 160 cm³/mol. The minimum atomic E-state index is -4.32. The first kappa shape index (κ1) is 33.7. The number of aromatic amines is 1. The molecule has 0 saturated carbocycles. The van der Waals surface area contributed by atoms with E-state index in [2.05, 4.69) is 15.0 Å². The average Bonchev–Trinajstić information content (AvgIpc) is 3.38. The number of nitrogens with zero attached hydrogens (tertiary/aromatic N) is 4. The van der Waals surface area contributed by atoms with Gasteiger partial charge in [0.05, 0.1) is 37.5 Å². The second-order valence-corrected chi connectivity index (χ2v) is 12.9. The van der Waals surface area contributed by atoms with Crippen molar-refractivity contribution in [3.63, 3.8) is 0 Å². The van der Waals surface area contributed by atoms with Crippen LogP contribution >= 0.6 is 7.82 Å². The SMILES string of the molecule is Cc1cn([C@H]2C[C@H](N=[N+]=[N-])[C@@H](COP(=O)(OCc3ccc(O)cc3)OCc3ccc(C(=O)OC(C)(C)C)cc3)O2)c(=O)[nH]c1=O.